The summed E-state index contributed by atoms with van der Waals surface area (Å²) in [7, 11) is 6.18. The van der Waals surface area contributed by atoms with Crippen LogP contribution in [0.5, 0.6) is 0 Å². The lowest BCUT2D eigenvalue weighted by molar-refractivity contribution is 0.292. The topological polar surface area (TPSA) is 33.1 Å². The fourth-order valence-electron chi connectivity index (χ4n) is 1.93. The van der Waals surface area contributed by atoms with Gasteiger partial charge in [-0.1, -0.05) is 6.07 Å². The molecule has 0 saturated carbocycles. The molecule has 0 saturated heterocycles. The van der Waals surface area contributed by atoms with Crippen LogP contribution in [-0.4, -0.2) is 35.3 Å². The minimum Gasteiger partial charge on any atom is -0.311 e. The van der Waals surface area contributed by atoms with E-state index in [1.165, 1.54) is 10.4 Å². The lowest BCUT2D eigenvalue weighted by Crippen LogP contribution is -2.30. The summed E-state index contributed by atoms with van der Waals surface area (Å²) in [5, 5.41) is 9.80. The van der Waals surface area contributed by atoms with Crippen molar-refractivity contribution in [3.63, 3.8) is 0 Å². The number of thiophene rings is 1. The van der Waals surface area contributed by atoms with Crippen molar-refractivity contribution in [1.82, 2.24) is 20.0 Å². The maximum atomic E-state index is 4.17. The molecule has 2 heterocycles. The molecule has 0 fully saturated rings. The standard InChI is InChI=1S/C13H20N4S/c1-16(2)12(13-5-4-6-18-13)9-14-7-11-8-15-17(3)10-11/h4-6,8,10,12,14H,7,9H2,1-3H3. The number of aryl methyl sites for hydroxylation is 1. The Balaban J connectivity index is 1.87. The van der Waals surface area contributed by atoms with Crippen LogP contribution in [0.25, 0.3) is 0 Å². The van der Waals surface area contributed by atoms with Gasteiger partial charge in [0.15, 0.2) is 0 Å². The van der Waals surface area contributed by atoms with Crippen LogP contribution in [-0.2, 0) is 13.6 Å². The average molecular weight is 264 g/mol. The van der Waals surface area contributed by atoms with Crippen molar-refractivity contribution in [2.45, 2.75) is 12.6 Å². The molecule has 18 heavy (non-hydrogen) atoms. The average Bonchev–Trinajstić information content (AvgIpc) is 2.95. The highest BCUT2D eigenvalue weighted by molar-refractivity contribution is 7.10. The monoisotopic (exact) mass is 264 g/mol. The van der Waals surface area contributed by atoms with Crippen LogP contribution in [0.4, 0.5) is 0 Å². The van der Waals surface area contributed by atoms with Crippen LogP contribution in [0, 0.1) is 0 Å². The molecule has 0 aromatic carbocycles. The van der Waals surface area contributed by atoms with Gasteiger partial charge in [-0.2, -0.15) is 5.10 Å². The van der Waals surface area contributed by atoms with Gasteiger partial charge >= 0.3 is 0 Å². The van der Waals surface area contributed by atoms with E-state index in [9.17, 15) is 0 Å². The molecule has 0 aliphatic rings. The number of likely N-dealkylation sites (N-methyl/N-ethyl adjacent to an activating group) is 1. The van der Waals surface area contributed by atoms with Gasteiger partial charge in [0, 0.05) is 36.8 Å². The summed E-state index contributed by atoms with van der Waals surface area (Å²) >= 11 is 1.81. The highest BCUT2D eigenvalue weighted by atomic mass is 32.1. The summed E-state index contributed by atoms with van der Waals surface area (Å²) in [5.74, 6) is 0. The Hall–Kier alpha value is -1.17. The van der Waals surface area contributed by atoms with Crippen molar-refractivity contribution in [2.24, 2.45) is 7.05 Å². The first-order valence-electron chi connectivity index (χ1n) is 6.05. The van der Waals surface area contributed by atoms with Gasteiger partial charge in [0.1, 0.15) is 0 Å². The predicted molar refractivity (Wildman–Crippen MR) is 75.7 cm³/mol. The highest BCUT2D eigenvalue weighted by Crippen LogP contribution is 2.22. The molecule has 0 aliphatic heterocycles. The molecule has 1 N–H and O–H groups in total. The van der Waals surface area contributed by atoms with E-state index in [1.807, 2.05) is 35.5 Å². The second-order valence-electron chi connectivity index (χ2n) is 4.65. The highest BCUT2D eigenvalue weighted by Gasteiger charge is 2.14. The van der Waals surface area contributed by atoms with Gasteiger partial charge < -0.3 is 10.2 Å². The van der Waals surface area contributed by atoms with Crippen LogP contribution < -0.4 is 5.32 Å². The fraction of sp³-hybridized carbons (Fsp3) is 0.462. The van der Waals surface area contributed by atoms with Crippen LogP contribution in [0.15, 0.2) is 29.9 Å². The molecule has 1 unspecified atom stereocenters. The first-order valence-corrected chi connectivity index (χ1v) is 6.93. The van der Waals surface area contributed by atoms with Crippen LogP contribution >= 0.6 is 11.3 Å². The molecular formula is C13H20N4S. The molecule has 0 aliphatic carbocycles. The van der Waals surface area contributed by atoms with Crippen molar-refractivity contribution in [1.29, 1.82) is 0 Å². The minimum absolute atomic E-state index is 0.432. The summed E-state index contributed by atoms with van der Waals surface area (Å²) in [6.45, 7) is 1.81. The largest absolute Gasteiger partial charge is 0.311 e. The summed E-state index contributed by atoms with van der Waals surface area (Å²) < 4.78 is 1.83. The fourth-order valence-corrected chi connectivity index (χ4v) is 2.86. The molecule has 98 valence electrons. The first kappa shape index (κ1) is 13.3. The summed E-state index contributed by atoms with van der Waals surface area (Å²) in [4.78, 5) is 3.65. The van der Waals surface area contributed by atoms with Gasteiger partial charge in [-0.15, -0.1) is 11.3 Å². The number of rotatable bonds is 6. The zero-order valence-corrected chi connectivity index (χ0v) is 11.9. The van der Waals surface area contributed by atoms with Gasteiger partial charge in [-0.05, 0) is 25.5 Å². The van der Waals surface area contributed by atoms with Crippen LogP contribution in [0.3, 0.4) is 0 Å². The zero-order valence-electron chi connectivity index (χ0n) is 11.1. The Morgan fingerprint density at radius 1 is 1.50 bits per heavy atom. The second-order valence-corrected chi connectivity index (χ2v) is 5.63. The predicted octanol–water partition coefficient (Wildman–Crippen LogP) is 1.87. The molecule has 5 heteroatoms. The third-order valence-electron chi connectivity index (χ3n) is 2.92. The Morgan fingerprint density at radius 3 is 2.89 bits per heavy atom. The van der Waals surface area contributed by atoms with Crippen LogP contribution in [0.1, 0.15) is 16.5 Å². The van der Waals surface area contributed by atoms with E-state index in [0.29, 0.717) is 6.04 Å². The Morgan fingerprint density at radius 2 is 2.33 bits per heavy atom. The van der Waals surface area contributed by atoms with E-state index in [1.54, 1.807) is 0 Å². The molecule has 1 atom stereocenters. The van der Waals surface area contributed by atoms with E-state index in [-0.39, 0.29) is 0 Å². The van der Waals surface area contributed by atoms with E-state index < -0.39 is 0 Å². The molecule has 4 nitrogen and oxygen atoms in total. The lowest BCUT2D eigenvalue weighted by Gasteiger charge is -2.23. The summed E-state index contributed by atoms with van der Waals surface area (Å²) in [6.07, 6.45) is 3.95. The van der Waals surface area contributed by atoms with Crippen molar-refractivity contribution in [3.05, 3.63) is 40.3 Å². The Labute approximate surface area is 112 Å². The van der Waals surface area contributed by atoms with E-state index in [2.05, 4.69) is 46.9 Å². The van der Waals surface area contributed by atoms with Gasteiger partial charge in [-0.3, -0.25) is 4.68 Å². The van der Waals surface area contributed by atoms with Gasteiger partial charge in [0.05, 0.1) is 12.2 Å². The quantitative estimate of drug-likeness (QED) is 0.865. The van der Waals surface area contributed by atoms with Gasteiger partial charge in [-0.25, -0.2) is 0 Å². The Kier molecular flexibility index (Phi) is 4.52. The van der Waals surface area contributed by atoms with E-state index >= 15 is 0 Å². The SMILES string of the molecule is CN(C)C(CNCc1cnn(C)c1)c1cccs1. The molecule has 0 radical (unpaired) electrons. The third kappa shape index (κ3) is 3.41. The van der Waals surface area contributed by atoms with E-state index in [4.69, 9.17) is 0 Å². The molecule has 0 amide bonds. The Bertz CT molecular complexity index is 461. The maximum Gasteiger partial charge on any atom is 0.0561 e. The normalized spacial score (nSPS) is 13.1. The summed E-state index contributed by atoms with van der Waals surface area (Å²) in [6, 6.07) is 4.74. The van der Waals surface area contributed by atoms with Crippen molar-refractivity contribution < 1.29 is 0 Å². The van der Waals surface area contributed by atoms with Gasteiger partial charge in [0.25, 0.3) is 0 Å². The number of aromatic nitrogens is 2. The van der Waals surface area contributed by atoms with Crippen LogP contribution in [0.2, 0.25) is 0 Å². The molecular weight excluding hydrogens is 244 g/mol. The summed E-state index contributed by atoms with van der Waals surface area (Å²) in [5.41, 5.74) is 1.22. The first-order chi connectivity index (χ1) is 8.66. The van der Waals surface area contributed by atoms with Crippen molar-refractivity contribution >= 4 is 11.3 Å². The molecule has 2 aromatic heterocycles. The number of hydrogen-bond acceptors (Lipinski definition) is 4. The van der Waals surface area contributed by atoms with E-state index in [0.717, 1.165) is 13.1 Å². The van der Waals surface area contributed by atoms with Crippen molar-refractivity contribution in [3.8, 4) is 0 Å². The molecule has 0 bridgehead atoms. The zero-order chi connectivity index (χ0) is 13.0. The molecule has 2 aromatic rings. The second kappa shape index (κ2) is 6.13. The third-order valence-corrected chi connectivity index (χ3v) is 3.89. The van der Waals surface area contributed by atoms with Gasteiger partial charge in [0.2, 0.25) is 0 Å². The minimum atomic E-state index is 0.432. The molecule has 0 spiro atoms. The smallest absolute Gasteiger partial charge is 0.0561 e. The lowest BCUT2D eigenvalue weighted by atomic mass is 10.2. The number of nitrogens with one attached hydrogen (secondary N) is 1. The van der Waals surface area contributed by atoms with Crippen molar-refractivity contribution in [2.75, 3.05) is 20.6 Å². The molecule has 2 rings (SSSR count). The maximum absolute atomic E-state index is 4.17. The number of nitrogens with zero attached hydrogens (tertiary/aromatic N) is 3. The number of hydrogen-bond donors (Lipinski definition) is 1.